The lowest BCUT2D eigenvalue weighted by atomic mass is 9.96. The zero-order valence-electron chi connectivity index (χ0n) is 15.0. The smallest absolute Gasteiger partial charge is 0.243 e. The maximum Gasteiger partial charge on any atom is 0.243 e. The van der Waals surface area contributed by atoms with Crippen LogP contribution in [0.5, 0.6) is 0 Å². The van der Waals surface area contributed by atoms with Gasteiger partial charge < -0.3 is 16.0 Å². The predicted octanol–water partition coefficient (Wildman–Crippen LogP) is 2.77. The lowest BCUT2D eigenvalue weighted by molar-refractivity contribution is -0.130. The zero-order chi connectivity index (χ0) is 18.3. The Bertz CT molecular complexity index is 587. The van der Waals surface area contributed by atoms with Gasteiger partial charge in [0, 0.05) is 23.2 Å². The Morgan fingerprint density at radius 3 is 1.79 bits per heavy atom. The van der Waals surface area contributed by atoms with Crippen LogP contribution in [0.25, 0.3) is 0 Å². The van der Waals surface area contributed by atoms with Crippen molar-refractivity contribution in [2.24, 2.45) is 11.3 Å². The maximum absolute atomic E-state index is 11.8. The van der Waals surface area contributed by atoms with Gasteiger partial charge in [-0.15, -0.1) is 0 Å². The average Bonchev–Trinajstić information content (AvgIpc) is 2.45. The van der Waals surface area contributed by atoms with E-state index in [9.17, 15) is 14.4 Å². The normalized spacial score (nSPS) is 11.1. The molecule has 1 aromatic rings. The molecular weight excluding hydrogens is 306 g/mol. The largest absolute Gasteiger partial charge is 0.347 e. The predicted molar refractivity (Wildman–Crippen MR) is 95.6 cm³/mol. The summed E-state index contributed by atoms with van der Waals surface area (Å²) in [7, 11) is 0. The number of rotatable bonds is 6. The van der Waals surface area contributed by atoms with Crippen LogP contribution in [0.2, 0.25) is 0 Å². The molecule has 132 valence electrons. The van der Waals surface area contributed by atoms with Crippen molar-refractivity contribution in [1.29, 1.82) is 0 Å². The molecule has 0 saturated carbocycles. The fourth-order valence-corrected chi connectivity index (χ4v) is 1.85. The third-order valence-electron chi connectivity index (χ3n) is 3.14. The van der Waals surface area contributed by atoms with Gasteiger partial charge in [-0.3, -0.25) is 14.4 Å². The van der Waals surface area contributed by atoms with Crippen molar-refractivity contribution in [3.8, 4) is 0 Å². The second kappa shape index (κ2) is 8.47. The van der Waals surface area contributed by atoms with Crippen molar-refractivity contribution in [3.05, 3.63) is 24.3 Å². The van der Waals surface area contributed by atoms with E-state index in [4.69, 9.17) is 0 Å². The van der Waals surface area contributed by atoms with E-state index in [-0.39, 0.29) is 24.3 Å². The average molecular weight is 333 g/mol. The molecule has 0 aliphatic rings. The first-order valence-corrected chi connectivity index (χ1v) is 8.06. The van der Waals surface area contributed by atoms with Crippen LogP contribution >= 0.6 is 0 Å². The fourth-order valence-electron chi connectivity index (χ4n) is 1.85. The number of hydrogen-bond acceptors (Lipinski definition) is 3. The highest BCUT2D eigenvalue weighted by Gasteiger charge is 2.21. The molecule has 24 heavy (non-hydrogen) atoms. The first-order chi connectivity index (χ1) is 11.1. The quantitative estimate of drug-likeness (QED) is 0.748. The van der Waals surface area contributed by atoms with Crippen LogP contribution in [-0.2, 0) is 14.4 Å². The van der Waals surface area contributed by atoms with E-state index in [0.717, 1.165) is 0 Å². The number of nitrogens with one attached hydrogen (secondary N) is 3. The van der Waals surface area contributed by atoms with E-state index in [1.54, 1.807) is 45.0 Å². The number of benzene rings is 1. The van der Waals surface area contributed by atoms with Crippen LogP contribution in [0.1, 0.15) is 41.0 Å². The summed E-state index contributed by atoms with van der Waals surface area (Å²) in [5.41, 5.74) is 0.752. The first-order valence-electron chi connectivity index (χ1n) is 8.06. The Labute approximate surface area is 143 Å². The number of carbonyl (C=O) groups is 3. The summed E-state index contributed by atoms with van der Waals surface area (Å²) in [4.78, 5) is 35.2. The van der Waals surface area contributed by atoms with Gasteiger partial charge in [-0.2, -0.15) is 0 Å². The lowest BCUT2D eigenvalue weighted by Crippen LogP contribution is -2.39. The Morgan fingerprint density at radius 1 is 0.917 bits per heavy atom. The van der Waals surface area contributed by atoms with Crippen LogP contribution in [0.15, 0.2) is 24.3 Å². The van der Waals surface area contributed by atoms with Crippen molar-refractivity contribution in [2.75, 3.05) is 17.2 Å². The molecule has 0 bridgehead atoms. The highest BCUT2D eigenvalue weighted by molar-refractivity contribution is 5.96. The summed E-state index contributed by atoms with van der Waals surface area (Å²) in [6.07, 6.45) is 0.464. The molecule has 0 saturated heterocycles. The van der Waals surface area contributed by atoms with Gasteiger partial charge in [0.05, 0.1) is 6.54 Å². The summed E-state index contributed by atoms with van der Waals surface area (Å²) < 4.78 is 0. The Kier molecular flexibility index (Phi) is 6.95. The van der Waals surface area contributed by atoms with Crippen molar-refractivity contribution in [1.82, 2.24) is 5.32 Å². The van der Waals surface area contributed by atoms with Gasteiger partial charge in [0.2, 0.25) is 17.7 Å². The minimum absolute atomic E-state index is 0.0355. The Hall–Kier alpha value is -2.37. The second-order valence-corrected chi connectivity index (χ2v) is 7.20. The molecule has 0 aromatic heterocycles. The van der Waals surface area contributed by atoms with Crippen LogP contribution < -0.4 is 16.0 Å². The van der Waals surface area contributed by atoms with Gasteiger partial charge in [0.1, 0.15) is 0 Å². The molecule has 1 rings (SSSR count). The van der Waals surface area contributed by atoms with E-state index < -0.39 is 5.41 Å². The fraction of sp³-hybridized carbons (Fsp3) is 0.500. The second-order valence-electron chi connectivity index (χ2n) is 7.20. The van der Waals surface area contributed by atoms with Crippen molar-refractivity contribution >= 4 is 29.1 Å². The highest BCUT2D eigenvalue weighted by atomic mass is 16.2. The third kappa shape index (κ3) is 7.26. The third-order valence-corrected chi connectivity index (χ3v) is 3.14. The SMILES string of the molecule is CC(C)CC(=O)Nc1ccc(NC(=O)CNC(=O)C(C)(C)C)cc1. The molecule has 6 nitrogen and oxygen atoms in total. The summed E-state index contributed by atoms with van der Waals surface area (Å²) in [6.45, 7) is 9.24. The van der Waals surface area contributed by atoms with Crippen LogP contribution in [0, 0.1) is 11.3 Å². The van der Waals surface area contributed by atoms with Crippen molar-refractivity contribution < 1.29 is 14.4 Å². The molecule has 0 aliphatic heterocycles. The first kappa shape index (κ1) is 19.7. The van der Waals surface area contributed by atoms with Gasteiger partial charge in [0.15, 0.2) is 0 Å². The molecule has 6 heteroatoms. The minimum Gasteiger partial charge on any atom is -0.347 e. The van der Waals surface area contributed by atoms with Crippen LogP contribution in [0.3, 0.4) is 0 Å². The number of carbonyl (C=O) groups excluding carboxylic acids is 3. The summed E-state index contributed by atoms with van der Waals surface area (Å²) in [5, 5.41) is 8.09. The number of amides is 3. The molecule has 0 radical (unpaired) electrons. The zero-order valence-corrected chi connectivity index (χ0v) is 15.0. The van der Waals surface area contributed by atoms with Gasteiger partial charge in [-0.25, -0.2) is 0 Å². The molecule has 0 unspecified atom stereocenters. The molecule has 3 amide bonds. The molecule has 0 atom stereocenters. The minimum atomic E-state index is -0.532. The van der Waals surface area contributed by atoms with E-state index in [2.05, 4.69) is 16.0 Å². The standard InChI is InChI=1S/C18H27N3O3/c1-12(2)10-15(22)20-13-6-8-14(9-7-13)21-16(23)11-19-17(24)18(3,4)5/h6-9,12H,10-11H2,1-5H3,(H,19,24)(H,20,22)(H,21,23). The summed E-state index contributed by atoms with van der Waals surface area (Å²) in [5.74, 6) is -0.219. The lowest BCUT2D eigenvalue weighted by Gasteiger charge is -2.17. The highest BCUT2D eigenvalue weighted by Crippen LogP contribution is 2.15. The Balaban J connectivity index is 2.48. The molecule has 0 spiro atoms. The molecule has 1 aromatic carbocycles. The van der Waals surface area contributed by atoms with Gasteiger partial charge in [-0.05, 0) is 30.2 Å². The van der Waals surface area contributed by atoms with Crippen LogP contribution in [-0.4, -0.2) is 24.3 Å². The van der Waals surface area contributed by atoms with E-state index in [0.29, 0.717) is 23.7 Å². The molecule has 0 heterocycles. The Morgan fingerprint density at radius 2 is 1.38 bits per heavy atom. The van der Waals surface area contributed by atoms with E-state index in [1.165, 1.54) is 0 Å². The molecule has 0 aliphatic carbocycles. The van der Waals surface area contributed by atoms with Crippen molar-refractivity contribution in [3.63, 3.8) is 0 Å². The molecular formula is C18H27N3O3. The number of anilines is 2. The number of hydrogen-bond donors (Lipinski definition) is 3. The molecule has 3 N–H and O–H groups in total. The summed E-state index contributed by atoms with van der Waals surface area (Å²) in [6, 6.07) is 6.85. The van der Waals surface area contributed by atoms with Crippen LogP contribution in [0.4, 0.5) is 11.4 Å². The van der Waals surface area contributed by atoms with E-state index in [1.807, 2.05) is 13.8 Å². The monoisotopic (exact) mass is 333 g/mol. The van der Waals surface area contributed by atoms with Gasteiger partial charge >= 0.3 is 0 Å². The molecule has 0 fully saturated rings. The van der Waals surface area contributed by atoms with Crippen molar-refractivity contribution in [2.45, 2.75) is 41.0 Å². The maximum atomic E-state index is 11.8. The van der Waals surface area contributed by atoms with Gasteiger partial charge in [-0.1, -0.05) is 34.6 Å². The van der Waals surface area contributed by atoms with E-state index >= 15 is 0 Å². The topological polar surface area (TPSA) is 87.3 Å². The summed E-state index contributed by atoms with van der Waals surface area (Å²) >= 11 is 0. The van der Waals surface area contributed by atoms with Gasteiger partial charge in [0.25, 0.3) is 0 Å².